The number of β-amino-alcohol motifs (C(OH)–C–C–N with tert-alkyl or cyclic N) is 1. The minimum atomic E-state index is -1.04. The number of nitrogens with one attached hydrogen (secondary N) is 1. The molecule has 7 heteroatoms. The molecule has 1 saturated carbocycles. The third-order valence-corrected chi connectivity index (χ3v) is 5.54. The van der Waals surface area contributed by atoms with Crippen molar-refractivity contribution < 1.29 is 23.8 Å². The van der Waals surface area contributed by atoms with E-state index in [1.807, 2.05) is 0 Å². The maximum absolute atomic E-state index is 13.6. The number of carbonyl (C=O) groups excluding carboxylic acids is 2. The lowest BCUT2D eigenvalue weighted by molar-refractivity contribution is -0.136. The van der Waals surface area contributed by atoms with Crippen molar-refractivity contribution in [2.24, 2.45) is 11.3 Å². The molecule has 1 aliphatic carbocycles. The largest absolute Gasteiger partial charge is 0.389 e. The SMILES string of the molecule is C[C@@H]1CC(C)(C)C[C@@]2(C1)NC(=O)N(C[C@H](O)COCc1ccccc1F)C2=O. The van der Waals surface area contributed by atoms with Crippen molar-refractivity contribution in [3.63, 3.8) is 0 Å². The third kappa shape index (κ3) is 4.36. The highest BCUT2D eigenvalue weighted by Crippen LogP contribution is 2.46. The number of ether oxygens (including phenoxy) is 1. The van der Waals surface area contributed by atoms with Crippen molar-refractivity contribution in [3.05, 3.63) is 35.6 Å². The number of halogens is 1. The maximum Gasteiger partial charge on any atom is 0.325 e. The highest BCUT2D eigenvalue weighted by Gasteiger charge is 2.56. The van der Waals surface area contributed by atoms with Crippen LogP contribution in [0.15, 0.2) is 24.3 Å². The van der Waals surface area contributed by atoms with Gasteiger partial charge in [-0.3, -0.25) is 9.69 Å². The van der Waals surface area contributed by atoms with Crippen LogP contribution in [-0.2, 0) is 16.1 Å². The Morgan fingerprint density at radius 3 is 2.71 bits per heavy atom. The predicted octanol–water partition coefficient (Wildman–Crippen LogP) is 2.84. The zero-order valence-electron chi connectivity index (χ0n) is 16.7. The summed E-state index contributed by atoms with van der Waals surface area (Å²) >= 11 is 0. The molecule has 28 heavy (non-hydrogen) atoms. The number of hydrogen-bond donors (Lipinski definition) is 2. The van der Waals surface area contributed by atoms with Gasteiger partial charge in [0.2, 0.25) is 0 Å². The van der Waals surface area contributed by atoms with Crippen molar-refractivity contribution in [3.8, 4) is 0 Å². The molecule has 2 N–H and O–H groups in total. The lowest BCUT2D eigenvalue weighted by atomic mass is 9.64. The van der Waals surface area contributed by atoms with E-state index in [1.165, 1.54) is 6.07 Å². The molecule has 3 amide bonds. The number of rotatable bonds is 6. The quantitative estimate of drug-likeness (QED) is 0.730. The van der Waals surface area contributed by atoms with Gasteiger partial charge in [0.15, 0.2) is 0 Å². The van der Waals surface area contributed by atoms with Gasteiger partial charge in [-0.2, -0.15) is 0 Å². The number of benzene rings is 1. The number of nitrogens with zero attached hydrogens (tertiary/aromatic N) is 1. The van der Waals surface area contributed by atoms with Crippen LogP contribution >= 0.6 is 0 Å². The van der Waals surface area contributed by atoms with Gasteiger partial charge in [0.1, 0.15) is 11.4 Å². The fourth-order valence-corrected chi connectivity index (χ4v) is 4.86. The molecule has 6 nitrogen and oxygen atoms in total. The monoisotopic (exact) mass is 392 g/mol. The van der Waals surface area contributed by atoms with Crippen LogP contribution in [0.2, 0.25) is 0 Å². The molecule has 1 saturated heterocycles. The fourth-order valence-electron chi connectivity index (χ4n) is 4.86. The highest BCUT2D eigenvalue weighted by molar-refractivity contribution is 6.07. The molecule has 154 valence electrons. The van der Waals surface area contributed by atoms with Crippen molar-refractivity contribution in [1.82, 2.24) is 10.2 Å². The number of aliphatic hydroxyl groups is 1. The number of urea groups is 1. The molecule has 0 unspecified atom stereocenters. The van der Waals surface area contributed by atoms with E-state index >= 15 is 0 Å². The van der Waals surface area contributed by atoms with Gasteiger partial charge in [0, 0.05) is 5.56 Å². The number of aliphatic hydroxyl groups excluding tert-OH is 1. The van der Waals surface area contributed by atoms with Crippen LogP contribution in [-0.4, -0.2) is 46.7 Å². The molecule has 1 heterocycles. The summed E-state index contributed by atoms with van der Waals surface area (Å²) in [5.41, 5.74) is -0.536. The number of carbonyl (C=O) groups is 2. The number of imide groups is 1. The molecule has 3 atom stereocenters. The molecule has 3 rings (SSSR count). The molecular weight excluding hydrogens is 363 g/mol. The number of amides is 3. The summed E-state index contributed by atoms with van der Waals surface area (Å²) in [5, 5.41) is 13.1. The lowest BCUT2D eigenvalue weighted by Crippen LogP contribution is -2.54. The Balaban J connectivity index is 1.57. The van der Waals surface area contributed by atoms with E-state index in [1.54, 1.807) is 18.2 Å². The second kappa shape index (κ2) is 7.79. The van der Waals surface area contributed by atoms with Crippen molar-refractivity contribution in [2.75, 3.05) is 13.2 Å². The summed E-state index contributed by atoms with van der Waals surface area (Å²) in [6, 6.07) is 5.78. The van der Waals surface area contributed by atoms with E-state index in [9.17, 15) is 19.1 Å². The molecule has 1 aromatic rings. The van der Waals surface area contributed by atoms with E-state index in [4.69, 9.17) is 4.74 Å². The molecule has 2 aliphatic rings. The first-order valence-corrected chi connectivity index (χ1v) is 9.75. The summed E-state index contributed by atoms with van der Waals surface area (Å²) in [6.07, 6.45) is 1.17. The van der Waals surface area contributed by atoms with Gasteiger partial charge in [0.05, 0.1) is 25.9 Å². The van der Waals surface area contributed by atoms with Crippen molar-refractivity contribution >= 4 is 11.9 Å². The van der Waals surface area contributed by atoms with E-state index in [2.05, 4.69) is 26.1 Å². The summed E-state index contributed by atoms with van der Waals surface area (Å²) in [5.74, 6) is -0.325. The van der Waals surface area contributed by atoms with Crippen LogP contribution in [0, 0.1) is 17.2 Å². The van der Waals surface area contributed by atoms with Crippen molar-refractivity contribution in [2.45, 2.75) is 58.3 Å². The molecule has 0 bridgehead atoms. The van der Waals surface area contributed by atoms with Crippen LogP contribution in [0.1, 0.15) is 45.6 Å². The molecule has 1 aromatic carbocycles. The van der Waals surface area contributed by atoms with Gasteiger partial charge in [-0.15, -0.1) is 0 Å². The molecule has 2 fully saturated rings. The zero-order valence-corrected chi connectivity index (χ0v) is 16.7. The average molecular weight is 392 g/mol. The topological polar surface area (TPSA) is 78.9 Å². The van der Waals surface area contributed by atoms with E-state index in [0.717, 1.165) is 11.3 Å². The third-order valence-electron chi connectivity index (χ3n) is 5.54. The molecular formula is C21H29FN2O4. The van der Waals surface area contributed by atoms with Crippen LogP contribution in [0.5, 0.6) is 0 Å². The lowest BCUT2D eigenvalue weighted by Gasteiger charge is -2.43. The van der Waals surface area contributed by atoms with E-state index in [-0.39, 0.29) is 36.9 Å². The highest BCUT2D eigenvalue weighted by atomic mass is 19.1. The Hall–Kier alpha value is -1.99. The van der Waals surface area contributed by atoms with Gasteiger partial charge >= 0.3 is 6.03 Å². The minimum Gasteiger partial charge on any atom is -0.389 e. The first-order valence-electron chi connectivity index (χ1n) is 9.75. The van der Waals surface area contributed by atoms with Gasteiger partial charge in [-0.25, -0.2) is 9.18 Å². The summed E-state index contributed by atoms with van der Waals surface area (Å²) < 4.78 is 19.0. The second-order valence-electron chi connectivity index (χ2n) is 9.04. The van der Waals surface area contributed by atoms with Gasteiger partial charge < -0.3 is 15.2 Å². The Bertz CT molecular complexity index is 754. The van der Waals surface area contributed by atoms with E-state index < -0.39 is 17.7 Å². The Labute approximate surface area is 165 Å². The Morgan fingerprint density at radius 2 is 2.04 bits per heavy atom. The summed E-state index contributed by atoms with van der Waals surface area (Å²) in [6.45, 7) is 6.09. The van der Waals surface area contributed by atoms with Crippen LogP contribution in [0.3, 0.4) is 0 Å². The standard InChI is InChI=1S/C21H29FN2O4/c1-14-8-20(2,3)13-21(9-14)18(26)24(19(27)23-21)10-16(25)12-28-11-15-6-4-5-7-17(15)22/h4-7,14,16,25H,8-13H2,1-3H3,(H,23,27)/t14-,16+,21-/m1/s1. The zero-order chi connectivity index (χ0) is 20.5. The normalized spacial score (nSPS) is 27.9. The maximum atomic E-state index is 13.6. The molecule has 1 aliphatic heterocycles. The fraction of sp³-hybridized carbons (Fsp3) is 0.619. The first-order chi connectivity index (χ1) is 13.1. The Morgan fingerprint density at radius 1 is 1.32 bits per heavy atom. The molecule has 0 radical (unpaired) electrons. The van der Waals surface area contributed by atoms with Crippen molar-refractivity contribution in [1.29, 1.82) is 0 Å². The first kappa shape index (κ1) is 20.7. The molecule has 0 aromatic heterocycles. The van der Waals surface area contributed by atoms with Crippen LogP contribution in [0.4, 0.5) is 9.18 Å². The molecule has 1 spiro atoms. The summed E-state index contributed by atoms with van der Waals surface area (Å²) in [4.78, 5) is 26.6. The second-order valence-corrected chi connectivity index (χ2v) is 9.04. The Kier molecular flexibility index (Phi) is 5.77. The summed E-state index contributed by atoms with van der Waals surface area (Å²) in [7, 11) is 0. The predicted molar refractivity (Wildman–Crippen MR) is 102 cm³/mol. The average Bonchev–Trinajstić information content (AvgIpc) is 2.78. The van der Waals surface area contributed by atoms with Gasteiger partial charge in [-0.1, -0.05) is 39.0 Å². The van der Waals surface area contributed by atoms with Crippen LogP contribution in [0.25, 0.3) is 0 Å². The minimum absolute atomic E-state index is 0.0134. The smallest absolute Gasteiger partial charge is 0.325 e. The number of hydrogen-bond acceptors (Lipinski definition) is 4. The van der Waals surface area contributed by atoms with Crippen LogP contribution < -0.4 is 5.32 Å². The van der Waals surface area contributed by atoms with Gasteiger partial charge in [0.25, 0.3) is 5.91 Å². The van der Waals surface area contributed by atoms with E-state index in [0.29, 0.717) is 24.3 Å². The van der Waals surface area contributed by atoms with Gasteiger partial charge in [-0.05, 0) is 36.7 Å².